The van der Waals surface area contributed by atoms with Crippen LogP contribution in [-0.2, 0) is 0 Å². The van der Waals surface area contributed by atoms with Gasteiger partial charge in [0.1, 0.15) is 0 Å². The van der Waals surface area contributed by atoms with Crippen molar-refractivity contribution in [3.63, 3.8) is 0 Å². The Bertz CT molecular complexity index is 720. The van der Waals surface area contributed by atoms with E-state index < -0.39 is 9.85 Å². The van der Waals surface area contributed by atoms with E-state index in [-0.39, 0.29) is 22.6 Å². The Labute approximate surface area is 118 Å². The predicted molar refractivity (Wildman–Crippen MR) is 75.5 cm³/mol. The number of H-pyrrole nitrogens is 1. The summed E-state index contributed by atoms with van der Waals surface area (Å²) in [6.45, 7) is 1.16. The third-order valence-corrected chi connectivity index (χ3v) is 3.69. The van der Waals surface area contributed by atoms with Gasteiger partial charge in [0.25, 0.3) is 0 Å². The second-order valence-electron chi connectivity index (χ2n) is 4.95. The van der Waals surface area contributed by atoms with Gasteiger partial charge in [-0.1, -0.05) is 0 Å². The molecule has 0 aliphatic carbocycles. The molecule has 1 aromatic carbocycles. The molecule has 110 valence electrons. The van der Waals surface area contributed by atoms with Crippen LogP contribution in [-0.4, -0.2) is 32.9 Å². The van der Waals surface area contributed by atoms with Gasteiger partial charge in [0.2, 0.25) is 0 Å². The minimum absolute atomic E-state index is 0.0734. The minimum Gasteiger partial charge on any atom is -0.360 e. The van der Waals surface area contributed by atoms with Crippen molar-refractivity contribution in [2.75, 3.05) is 18.0 Å². The van der Waals surface area contributed by atoms with E-state index in [0.29, 0.717) is 18.6 Å². The zero-order valence-corrected chi connectivity index (χ0v) is 11.1. The molecule has 1 aliphatic rings. The van der Waals surface area contributed by atoms with Crippen LogP contribution in [0.25, 0.3) is 11.0 Å². The van der Waals surface area contributed by atoms with E-state index >= 15 is 0 Å². The van der Waals surface area contributed by atoms with Gasteiger partial charge >= 0.3 is 11.4 Å². The van der Waals surface area contributed by atoms with E-state index in [1.165, 1.54) is 12.4 Å². The summed E-state index contributed by atoms with van der Waals surface area (Å²) in [6, 6.07) is 1.32. The number of hydrogen-bond donors (Lipinski definition) is 1. The molecule has 0 atom stereocenters. The fraction of sp³-hybridized carbons (Fsp3) is 0.417. The molecule has 2 aromatic rings. The topological polar surface area (TPSA) is 118 Å². The zero-order valence-electron chi connectivity index (χ0n) is 11.1. The molecular formula is C12H13N5O4. The number of nitro benzene ring substituents is 2. The lowest BCUT2D eigenvalue weighted by Gasteiger charge is -2.27. The van der Waals surface area contributed by atoms with Gasteiger partial charge < -0.3 is 9.88 Å². The highest BCUT2D eigenvalue weighted by molar-refractivity contribution is 5.97. The van der Waals surface area contributed by atoms with Gasteiger partial charge in [-0.3, -0.25) is 20.2 Å². The maximum Gasteiger partial charge on any atom is 0.327 e. The molecule has 1 aromatic heterocycles. The number of anilines is 1. The first kappa shape index (κ1) is 13.3. The normalized spacial score (nSPS) is 15.3. The zero-order chi connectivity index (χ0) is 15.0. The summed E-state index contributed by atoms with van der Waals surface area (Å²) in [6.07, 6.45) is 4.07. The standard InChI is InChI=1S/C12H13N5O4/c18-16(19)9-6-8-10(14-7-13-8)12(17(20)21)11(9)15-4-2-1-3-5-15/h6-7H,1-5H2,(H,13,14). The van der Waals surface area contributed by atoms with Crippen molar-refractivity contribution in [3.8, 4) is 0 Å². The monoisotopic (exact) mass is 291 g/mol. The molecule has 3 rings (SSSR count). The number of hydrogen-bond acceptors (Lipinski definition) is 6. The Hall–Kier alpha value is -2.71. The van der Waals surface area contributed by atoms with Crippen molar-refractivity contribution in [1.82, 2.24) is 9.97 Å². The molecule has 0 spiro atoms. The smallest absolute Gasteiger partial charge is 0.327 e. The summed E-state index contributed by atoms with van der Waals surface area (Å²) in [5.41, 5.74) is -0.00710. The number of nitro groups is 2. The molecule has 2 heterocycles. The van der Waals surface area contributed by atoms with Crippen molar-refractivity contribution in [2.45, 2.75) is 19.3 Å². The molecule has 0 bridgehead atoms. The summed E-state index contributed by atoms with van der Waals surface area (Å²) >= 11 is 0. The SMILES string of the molecule is O=[N+]([O-])c1cc2[nH]cnc2c([N+](=O)[O-])c1N1CCCCC1. The second kappa shape index (κ2) is 5.00. The molecule has 1 N–H and O–H groups in total. The van der Waals surface area contributed by atoms with Crippen LogP contribution in [0.15, 0.2) is 12.4 Å². The van der Waals surface area contributed by atoms with Gasteiger partial charge in [-0.25, -0.2) is 4.98 Å². The Kier molecular flexibility index (Phi) is 3.16. The minimum atomic E-state index is -0.583. The highest BCUT2D eigenvalue weighted by atomic mass is 16.6. The van der Waals surface area contributed by atoms with Crippen molar-refractivity contribution in [1.29, 1.82) is 0 Å². The van der Waals surface area contributed by atoms with E-state index in [0.717, 1.165) is 19.3 Å². The van der Waals surface area contributed by atoms with Crippen molar-refractivity contribution >= 4 is 28.1 Å². The fourth-order valence-corrected chi connectivity index (χ4v) is 2.78. The third kappa shape index (κ3) is 2.16. The molecule has 9 nitrogen and oxygen atoms in total. The average Bonchev–Trinajstić information content (AvgIpc) is 2.93. The van der Waals surface area contributed by atoms with Crippen LogP contribution in [0.3, 0.4) is 0 Å². The Morgan fingerprint density at radius 3 is 2.48 bits per heavy atom. The number of benzene rings is 1. The Morgan fingerprint density at radius 2 is 1.86 bits per heavy atom. The van der Waals surface area contributed by atoms with Gasteiger partial charge in [0.05, 0.1) is 21.7 Å². The number of aromatic amines is 1. The second-order valence-corrected chi connectivity index (χ2v) is 4.95. The lowest BCUT2D eigenvalue weighted by Crippen LogP contribution is -2.30. The molecule has 1 saturated heterocycles. The van der Waals surface area contributed by atoms with Crippen LogP contribution in [0, 0.1) is 20.2 Å². The van der Waals surface area contributed by atoms with E-state index in [1.54, 1.807) is 4.90 Å². The third-order valence-electron chi connectivity index (χ3n) is 3.69. The van der Waals surface area contributed by atoms with Gasteiger partial charge in [-0.15, -0.1) is 0 Å². The molecule has 0 amide bonds. The highest BCUT2D eigenvalue weighted by Gasteiger charge is 2.34. The number of imidazole rings is 1. The predicted octanol–water partition coefficient (Wildman–Crippen LogP) is 2.37. The van der Waals surface area contributed by atoms with E-state index in [2.05, 4.69) is 9.97 Å². The quantitative estimate of drug-likeness (QED) is 0.685. The first-order valence-electron chi connectivity index (χ1n) is 6.63. The van der Waals surface area contributed by atoms with Gasteiger partial charge in [0, 0.05) is 19.2 Å². The molecule has 21 heavy (non-hydrogen) atoms. The van der Waals surface area contributed by atoms with Crippen LogP contribution in [0.1, 0.15) is 19.3 Å². The summed E-state index contributed by atoms with van der Waals surface area (Å²) in [4.78, 5) is 30.0. The number of nitrogens with one attached hydrogen (secondary N) is 1. The molecule has 1 aliphatic heterocycles. The lowest BCUT2D eigenvalue weighted by atomic mass is 10.1. The van der Waals surface area contributed by atoms with E-state index in [4.69, 9.17) is 0 Å². The lowest BCUT2D eigenvalue weighted by molar-refractivity contribution is -0.391. The largest absolute Gasteiger partial charge is 0.360 e. The number of aromatic nitrogens is 2. The summed E-state index contributed by atoms with van der Waals surface area (Å²) in [7, 11) is 0. The number of nitrogens with zero attached hydrogens (tertiary/aromatic N) is 4. The number of piperidine rings is 1. The number of fused-ring (bicyclic) bond motifs is 1. The average molecular weight is 291 g/mol. The van der Waals surface area contributed by atoms with Gasteiger partial charge in [-0.05, 0) is 19.3 Å². The molecule has 0 saturated carbocycles. The first-order chi connectivity index (χ1) is 10.1. The molecule has 0 radical (unpaired) electrons. The van der Waals surface area contributed by atoms with Crippen LogP contribution in [0.2, 0.25) is 0 Å². The van der Waals surface area contributed by atoms with Crippen molar-refractivity contribution in [3.05, 3.63) is 32.6 Å². The van der Waals surface area contributed by atoms with Gasteiger partial charge in [-0.2, -0.15) is 0 Å². The summed E-state index contributed by atoms with van der Waals surface area (Å²) < 4.78 is 0. The highest BCUT2D eigenvalue weighted by Crippen LogP contribution is 2.43. The van der Waals surface area contributed by atoms with E-state index in [1.807, 2.05) is 0 Å². The van der Waals surface area contributed by atoms with Crippen molar-refractivity contribution in [2.24, 2.45) is 0 Å². The molecule has 1 fully saturated rings. The van der Waals surface area contributed by atoms with E-state index in [9.17, 15) is 20.2 Å². The molecule has 0 unspecified atom stereocenters. The Balaban J connectivity index is 2.31. The van der Waals surface area contributed by atoms with Gasteiger partial charge in [0.15, 0.2) is 11.2 Å². The summed E-state index contributed by atoms with van der Waals surface area (Å²) in [5, 5.41) is 22.8. The van der Waals surface area contributed by atoms with Crippen LogP contribution < -0.4 is 4.90 Å². The van der Waals surface area contributed by atoms with Crippen LogP contribution in [0.4, 0.5) is 17.1 Å². The maximum absolute atomic E-state index is 11.5. The van der Waals surface area contributed by atoms with Crippen LogP contribution >= 0.6 is 0 Å². The molecular weight excluding hydrogens is 278 g/mol. The first-order valence-corrected chi connectivity index (χ1v) is 6.63. The maximum atomic E-state index is 11.5. The van der Waals surface area contributed by atoms with Crippen LogP contribution in [0.5, 0.6) is 0 Å². The molecule has 9 heteroatoms. The Morgan fingerprint density at radius 1 is 1.14 bits per heavy atom. The fourth-order valence-electron chi connectivity index (χ4n) is 2.78. The summed E-state index contributed by atoms with van der Waals surface area (Å²) in [5.74, 6) is 0. The van der Waals surface area contributed by atoms with Crippen molar-refractivity contribution < 1.29 is 9.85 Å². The number of rotatable bonds is 3.